The normalized spacial score (nSPS) is 10.6. The van der Waals surface area contributed by atoms with Crippen molar-refractivity contribution in [2.24, 2.45) is 7.05 Å². The summed E-state index contributed by atoms with van der Waals surface area (Å²) in [6.07, 6.45) is 3.50. The van der Waals surface area contributed by atoms with Crippen LogP contribution in [0.25, 0.3) is 10.9 Å². The first-order chi connectivity index (χ1) is 9.69. The summed E-state index contributed by atoms with van der Waals surface area (Å²) in [7, 11) is 1.88. The van der Waals surface area contributed by atoms with Gasteiger partial charge in [-0.05, 0) is 23.8 Å². The minimum atomic E-state index is -0.264. The maximum atomic E-state index is 12.0. The van der Waals surface area contributed by atoms with E-state index < -0.39 is 0 Å². The maximum absolute atomic E-state index is 12.0. The molecule has 2 aromatic heterocycles. The molecule has 20 heavy (non-hydrogen) atoms. The Bertz CT molecular complexity index is 883. The molecule has 0 aliphatic carbocycles. The number of nitrogens with zero attached hydrogens (tertiary/aromatic N) is 4. The first kappa shape index (κ1) is 12.2. The van der Waals surface area contributed by atoms with E-state index in [1.165, 1.54) is 10.6 Å². The van der Waals surface area contributed by atoms with Crippen LogP contribution in [0.3, 0.4) is 0 Å². The Balaban J connectivity index is 2.03. The first-order valence-electron chi connectivity index (χ1n) is 6.19. The lowest BCUT2D eigenvalue weighted by molar-refractivity contribution is 0.755. The van der Waals surface area contributed by atoms with Gasteiger partial charge in [0, 0.05) is 18.6 Å². The van der Waals surface area contributed by atoms with Crippen molar-refractivity contribution < 1.29 is 0 Å². The van der Waals surface area contributed by atoms with Crippen LogP contribution < -0.4 is 5.56 Å². The number of aryl methyl sites for hydroxylation is 1. The van der Waals surface area contributed by atoms with Crippen molar-refractivity contribution in [3.8, 4) is 6.07 Å². The van der Waals surface area contributed by atoms with Crippen LogP contribution in [0.2, 0.25) is 0 Å². The Morgan fingerprint density at radius 2 is 2.20 bits per heavy atom. The van der Waals surface area contributed by atoms with Crippen LogP contribution in [-0.2, 0) is 13.6 Å². The minimum absolute atomic E-state index is 0.161. The topological polar surface area (TPSA) is 63.6 Å². The van der Waals surface area contributed by atoms with Crippen molar-refractivity contribution in [1.82, 2.24) is 14.3 Å². The van der Waals surface area contributed by atoms with Gasteiger partial charge in [0.05, 0.1) is 18.3 Å². The second-order valence-electron chi connectivity index (χ2n) is 4.63. The van der Waals surface area contributed by atoms with Crippen molar-refractivity contribution in [2.45, 2.75) is 6.54 Å². The van der Waals surface area contributed by atoms with Crippen LogP contribution in [-0.4, -0.2) is 14.3 Å². The largest absolute Gasteiger partial charge is 0.310 e. The summed E-state index contributed by atoms with van der Waals surface area (Å²) in [5.41, 5.74) is 1.92. The van der Waals surface area contributed by atoms with E-state index in [9.17, 15) is 4.79 Å². The van der Waals surface area contributed by atoms with E-state index in [4.69, 9.17) is 5.26 Å². The zero-order chi connectivity index (χ0) is 14.1. The average Bonchev–Trinajstić information content (AvgIpc) is 2.83. The van der Waals surface area contributed by atoms with Crippen molar-refractivity contribution >= 4 is 10.9 Å². The Labute approximate surface area is 115 Å². The number of nitriles is 1. The molecule has 5 heteroatoms. The van der Waals surface area contributed by atoms with E-state index in [1.807, 2.05) is 37.5 Å². The summed E-state index contributed by atoms with van der Waals surface area (Å²) in [4.78, 5) is 12.0. The van der Waals surface area contributed by atoms with Crippen molar-refractivity contribution in [2.75, 3.05) is 0 Å². The lowest BCUT2D eigenvalue weighted by Gasteiger charge is -2.06. The molecule has 0 saturated carbocycles. The molecule has 1 aromatic carbocycles. The van der Waals surface area contributed by atoms with E-state index in [0.717, 1.165) is 16.5 Å². The number of hydrogen-bond donors (Lipinski definition) is 0. The van der Waals surface area contributed by atoms with E-state index >= 15 is 0 Å². The van der Waals surface area contributed by atoms with E-state index in [1.54, 1.807) is 16.9 Å². The standard InChI is InChI=1S/C15H12N4O/c1-18-14-7-11(4-5-13(14)9-17-18)10-19-6-2-3-12(8-16)15(19)20/h2-7,9H,10H2,1H3. The summed E-state index contributed by atoms with van der Waals surface area (Å²) in [6.45, 7) is 0.440. The smallest absolute Gasteiger partial charge is 0.268 e. The molecule has 0 atom stereocenters. The van der Waals surface area contributed by atoms with E-state index in [0.29, 0.717) is 6.54 Å². The van der Waals surface area contributed by atoms with Gasteiger partial charge in [0.2, 0.25) is 0 Å². The molecule has 98 valence electrons. The average molecular weight is 264 g/mol. The van der Waals surface area contributed by atoms with Crippen LogP contribution in [0.1, 0.15) is 11.1 Å². The van der Waals surface area contributed by atoms with Gasteiger partial charge in [-0.25, -0.2) is 0 Å². The summed E-state index contributed by atoms with van der Waals surface area (Å²) in [6, 6.07) is 11.1. The fraction of sp³-hybridized carbons (Fsp3) is 0.133. The molecule has 0 bridgehead atoms. The molecule has 0 N–H and O–H groups in total. The number of aromatic nitrogens is 3. The Morgan fingerprint density at radius 3 is 3.00 bits per heavy atom. The molecule has 3 rings (SSSR count). The lowest BCUT2D eigenvalue weighted by atomic mass is 10.1. The number of rotatable bonds is 2. The molecule has 0 aliphatic heterocycles. The zero-order valence-electron chi connectivity index (χ0n) is 10.9. The number of pyridine rings is 1. The van der Waals surface area contributed by atoms with Crippen LogP contribution >= 0.6 is 0 Å². The zero-order valence-corrected chi connectivity index (χ0v) is 10.9. The molecule has 0 fully saturated rings. The van der Waals surface area contributed by atoms with Gasteiger partial charge >= 0.3 is 0 Å². The van der Waals surface area contributed by atoms with Crippen LogP contribution in [0, 0.1) is 11.3 Å². The fourth-order valence-electron chi connectivity index (χ4n) is 2.23. The highest BCUT2D eigenvalue weighted by Gasteiger charge is 2.05. The van der Waals surface area contributed by atoms with E-state index in [2.05, 4.69) is 5.10 Å². The van der Waals surface area contributed by atoms with Crippen molar-refractivity contribution in [3.63, 3.8) is 0 Å². The lowest BCUT2D eigenvalue weighted by Crippen LogP contribution is -2.22. The molecule has 0 unspecified atom stereocenters. The molecule has 0 amide bonds. The minimum Gasteiger partial charge on any atom is -0.310 e. The molecule has 0 saturated heterocycles. The fourth-order valence-corrected chi connectivity index (χ4v) is 2.23. The molecule has 0 radical (unpaired) electrons. The Morgan fingerprint density at radius 1 is 1.35 bits per heavy atom. The van der Waals surface area contributed by atoms with Gasteiger partial charge in [-0.1, -0.05) is 12.1 Å². The van der Waals surface area contributed by atoms with E-state index in [-0.39, 0.29) is 11.1 Å². The molecule has 0 aliphatic rings. The van der Waals surface area contributed by atoms with Gasteiger partial charge < -0.3 is 4.57 Å². The second-order valence-corrected chi connectivity index (χ2v) is 4.63. The molecule has 5 nitrogen and oxygen atoms in total. The predicted molar refractivity (Wildman–Crippen MR) is 75.2 cm³/mol. The molecule has 0 spiro atoms. The summed E-state index contributed by atoms with van der Waals surface area (Å²) >= 11 is 0. The highest BCUT2D eigenvalue weighted by molar-refractivity contribution is 5.79. The van der Waals surface area contributed by atoms with Crippen molar-refractivity contribution in [3.05, 3.63) is 64.2 Å². The van der Waals surface area contributed by atoms with Gasteiger partial charge in [0.25, 0.3) is 5.56 Å². The number of benzene rings is 1. The predicted octanol–water partition coefficient (Wildman–Crippen LogP) is 1.65. The van der Waals surface area contributed by atoms with Crippen LogP contribution in [0.4, 0.5) is 0 Å². The third-order valence-corrected chi connectivity index (χ3v) is 3.31. The van der Waals surface area contributed by atoms with Crippen LogP contribution in [0.15, 0.2) is 47.5 Å². The Kier molecular flexibility index (Phi) is 2.84. The van der Waals surface area contributed by atoms with Crippen molar-refractivity contribution in [1.29, 1.82) is 5.26 Å². The van der Waals surface area contributed by atoms with Gasteiger partial charge in [-0.15, -0.1) is 0 Å². The highest BCUT2D eigenvalue weighted by atomic mass is 16.1. The SMILES string of the molecule is Cn1ncc2ccc(Cn3cccc(C#N)c3=O)cc21. The summed E-state index contributed by atoms with van der Waals surface area (Å²) in [5.74, 6) is 0. The third-order valence-electron chi connectivity index (χ3n) is 3.31. The number of fused-ring (bicyclic) bond motifs is 1. The molecule has 3 aromatic rings. The monoisotopic (exact) mass is 264 g/mol. The Hall–Kier alpha value is -2.87. The second kappa shape index (κ2) is 4.67. The molecular formula is C15H12N4O. The molecule has 2 heterocycles. The van der Waals surface area contributed by atoms with Gasteiger partial charge in [-0.3, -0.25) is 9.48 Å². The maximum Gasteiger partial charge on any atom is 0.268 e. The van der Waals surface area contributed by atoms with Gasteiger partial charge in [0.15, 0.2) is 0 Å². The number of hydrogen-bond acceptors (Lipinski definition) is 3. The van der Waals surface area contributed by atoms with Gasteiger partial charge in [-0.2, -0.15) is 10.4 Å². The quantitative estimate of drug-likeness (QED) is 0.707. The van der Waals surface area contributed by atoms with Crippen LogP contribution in [0.5, 0.6) is 0 Å². The van der Waals surface area contributed by atoms with Gasteiger partial charge in [0.1, 0.15) is 11.6 Å². The summed E-state index contributed by atoms with van der Waals surface area (Å²) in [5, 5.41) is 14.1. The highest BCUT2D eigenvalue weighted by Crippen LogP contribution is 2.15. The third kappa shape index (κ3) is 1.97. The molecular weight excluding hydrogens is 252 g/mol. The summed E-state index contributed by atoms with van der Waals surface area (Å²) < 4.78 is 3.34. The first-order valence-corrected chi connectivity index (χ1v) is 6.19.